The maximum atomic E-state index is 8.74. The molecule has 0 bridgehead atoms. The summed E-state index contributed by atoms with van der Waals surface area (Å²) in [5.74, 6) is 0. The van der Waals surface area contributed by atoms with Crippen LogP contribution in [0.2, 0.25) is 0 Å². The van der Waals surface area contributed by atoms with E-state index in [0.717, 1.165) is 0 Å². The molecule has 0 aliphatic heterocycles. The van der Waals surface area contributed by atoms with Gasteiger partial charge in [-0.05, 0) is 0 Å². The van der Waals surface area contributed by atoms with Gasteiger partial charge in [0, 0.05) is 20.1 Å². The second-order valence-electron chi connectivity index (χ2n) is 0.283. The molecule has 0 aliphatic carbocycles. The van der Waals surface area contributed by atoms with Crippen molar-refractivity contribution in [3.05, 3.63) is 0 Å². The smallest absolute Gasteiger partial charge is 0.314 e. The molecule has 0 unspecified atom stereocenters. The van der Waals surface area contributed by atoms with Crippen LogP contribution < -0.4 is 0 Å². The van der Waals surface area contributed by atoms with Gasteiger partial charge in [0.25, 0.3) is 0 Å². The van der Waals surface area contributed by atoms with Crippen molar-refractivity contribution in [1.29, 1.82) is 0 Å². The van der Waals surface area contributed by atoms with Gasteiger partial charge >= 0.3 is 8.25 Å². The Bertz CT molecular complexity index is 29.9. The molecule has 2 N–H and O–H groups in total. The number of hydrogen-bond acceptors (Lipinski definition) is 1. The summed E-state index contributed by atoms with van der Waals surface area (Å²) in [6, 6.07) is 0. The zero-order valence-electron chi connectivity index (χ0n) is 2.18. The topological polar surface area (TPSA) is 57.5 Å². The maximum absolute atomic E-state index is 8.74. The summed E-state index contributed by atoms with van der Waals surface area (Å²) in [7, 11) is -3.13. The summed E-state index contributed by atoms with van der Waals surface area (Å²) < 4.78 is 8.74. The third kappa shape index (κ3) is 58.9. The van der Waals surface area contributed by atoms with Crippen molar-refractivity contribution in [2.45, 2.75) is 0 Å². The van der Waals surface area contributed by atoms with Crippen LogP contribution >= 0.6 is 8.25 Å². The molecule has 0 heterocycles. The first-order chi connectivity index (χ1) is 1.73. The first-order valence-electron chi connectivity index (χ1n) is 0.651. The van der Waals surface area contributed by atoms with E-state index < -0.39 is 8.25 Å². The van der Waals surface area contributed by atoms with E-state index in [4.69, 9.17) is 14.4 Å². The molecule has 0 amide bonds. The van der Waals surface area contributed by atoms with Gasteiger partial charge in [0.05, 0.1) is 0 Å². The average Bonchev–Trinajstić information content (AvgIpc) is 0.811. The quantitative estimate of drug-likeness (QED) is 0.487. The van der Waals surface area contributed by atoms with Gasteiger partial charge in [-0.3, -0.25) is 4.57 Å². The second-order valence-corrected chi connectivity index (χ2v) is 0.848. The van der Waals surface area contributed by atoms with Gasteiger partial charge in [0.1, 0.15) is 0 Å². The van der Waals surface area contributed by atoms with E-state index in [-0.39, 0.29) is 20.1 Å². The van der Waals surface area contributed by atoms with Crippen molar-refractivity contribution in [1.82, 2.24) is 0 Å². The monoisotopic (exact) mass is 179 g/mol. The summed E-state index contributed by atoms with van der Waals surface area (Å²) in [5, 5.41) is 0. The van der Waals surface area contributed by atoms with Crippen LogP contribution in [0.25, 0.3) is 0 Å². The Hall–Kier alpha value is 0.799. The first kappa shape index (κ1) is 9.25. The van der Waals surface area contributed by atoms with Crippen molar-refractivity contribution in [2.24, 2.45) is 0 Å². The molecule has 1 radical (unpaired) electrons. The molecule has 3 nitrogen and oxygen atoms in total. The summed E-state index contributed by atoms with van der Waals surface area (Å²) in [6.07, 6.45) is 0. The van der Waals surface area contributed by atoms with Crippen LogP contribution in [0.4, 0.5) is 0 Å². The van der Waals surface area contributed by atoms with Gasteiger partial charge in [-0.25, -0.2) is 0 Å². The Labute approximate surface area is 43.3 Å². The molecule has 0 aromatic carbocycles. The minimum atomic E-state index is -3.13. The van der Waals surface area contributed by atoms with Crippen LogP contribution in [0.3, 0.4) is 0 Å². The molecule has 0 rings (SSSR count). The van der Waals surface area contributed by atoms with Gasteiger partial charge < -0.3 is 9.79 Å². The van der Waals surface area contributed by atoms with Crippen LogP contribution in [-0.4, -0.2) is 9.79 Å². The molecule has 5 heteroatoms. The molecule has 5 heavy (non-hydrogen) atoms. The van der Waals surface area contributed by atoms with Crippen LogP contribution in [0.1, 0.15) is 0 Å². The van der Waals surface area contributed by atoms with Gasteiger partial charge in [0.15, 0.2) is 0 Å². The van der Waals surface area contributed by atoms with Crippen molar-refractivity contribution >= 4 is 8.25 Å². The predicted octanol–water partition coefficient (Wildman–Crippen LogP) is -0.642. The Kier molecular flexibility index (Phi) is 8.88. The van der Waals surface area contributed by atoms with E-state index in [1.54, 1.807) is 0 Å². The predicted molar refractivity (Wildman–Crippen MR) is 13.4 cm³/mol. The largest absolute Gasteiger partial charge is 0.326 e. The Balaban J connectivity index is 0. The third-order valence-electron chi connectivity index (χ3n) is 0. The van der Waals surface area contributed by atoms with Crippen LogP contribution in [0.15, 0.2) is 0 Å². The Morgan fingerprint density at radius 1 is 1.40 bits per heavy atom. The standard InChI is InChI=1S/H3O3P.Tc/c1-4(2)3;/h4H,(H2,1,2,3);. The number of rotatable bonds is 0. The normalized spacial score (nSPS) is 7.00. The first-order valence-corrected chi connectivity index (χ1v) is 1.95. The molecular weight excluding hydrogens is 177 g/mol. The molecular formula is H3O3PTc. The molecule has 0 fully saturated rings. The molecule has 0 aliphatic rings. The Morgan fingerprint density at radius 2 is 1.40 bits per heavy atom. The zero-order valence-corrected chi connectivity index (χ0v) is 5.04. The van der Waals surface area contributed by atoms with Crippen LogP contribution in [-0.2, 0) is 24.7 Å². The van der Waals surface area contributed by atoms with Gasteiger partial charge in [-0.2, -0.15) is 0 Å². The van der Waals surface area contributed by atoms with E-state index in [2.05, 4.69) is 0 Å². The second kappa shape index (κ2) is 4.80. The fourth-order valence-corrected chi connectivity index (χ4v) is 0. The molecule has 33 valence electrons. The van der Waals surface area contributed by atoms with E-state index >= 15 is 0 Å². The van der Waals surface area contributed by atoms with Crippen molar-refractivity contribution in [2.75, 3.05) is 0 Å². The van der Waals surface area contributed by atoms with Crippen LogP contribution in [0, 0.1) is 0 Å². The summed E-state index contributed by atoms with van der Waals surface area (Å²) in [6.45, 7) is 0. The zero-order chi connectivity index (χ0) is 3.58. The molecule has 0 saturated heterocycles. The van der Waals surface area contributed by atoms with E-state index in [1.807, 2.05) is 0 Å². The SMILES string of the molecule is O=[PH](O)O.[Tc]. The maximum Gasteiger partial charge on any atom is 0.314 e. The van der Waals surface area contributed by atoms with E-state index in [0.29, 0.717) is 0 Å². The van der Waals surface area contributed by atoms with Crippen molar-refractivity contribution in [3.63, 3.8) is 0 Å². The third-order valence-corrected chi connectivity index (χ3v) is 0. The number of hydrogen-bond donors (Lipinski definition) is 2. The molecule has 0 aromatic rings. The van der Waals surface area contributed by atoms with Gasteiger partial charge in [-0.15, -0.1) is 0 Å². The minimum absolute atomic E-state index is 0. The molecule has 0 aromatic heterocycles. The molecule has 0 saturated carbocycles. The fraction of sp³-hybridized carbons (Fsp3) is 0. The fourth-order valence-electron chi connectivity index (χ4n) is 0. The van der Waals surface area contributed by atoms with E-state index in [1.165, 1.54) is 0 Å². The average molecular weight is 180 g/mol. The molecule has 0 atom stereocenters. The minimum Gasteiger partial charge on any atom is -0.326 e. The summed E-state index contributed by atoms with van der Waals surface area (Å²) >= 11 is 0. The van der Waals surface area contributed by atoms with Crippen molar-refractivity contribution in [3.8, 4) is 0 Å². The van der Waals surface area contributed by atoms with E-state index in [9.17, 15) is 0 Å². The summed E-state index contributed by atoms with van der Waals surface area (Å²) in [5.41, 5.74) is 0. The van der Waals surface area contributed by atoms with Crippen LogP contribution in [0.5, 0.6) is 0 Å². The molecule has 0 spiro atoms. The van der Waals surface area contributed by atoms with Crippen molar-refractivity contribution < 1.29 is 34.5 Å². The summed E-state index contributed by atoms with van der Waals surface area (Å²) in [4.78, 5) is 14.3. The van der Waals surface area contributed by atoms with Gasteiger partial charge in [0.2, 0.25) is 0 Å². The Morgan fingerprint density at radius 3 is 1.40 bits per heavy atom. The van der Waals surface area contributed by atoms with Gasteiger partial charge in [-0.1, -0.05) is 0 Å².